The van der Waals surface area contributed by atoms with Crippen LogP contribution in [-0.4, -0.2) is 19.7 Å². The highest BCUT2D eigenvalue weighted by Gasteiger charge is 2.26. The molecule has 1 aliphatic rings. The summed E-state index contributed by atoms with van der Waals surface area (Å²) >= 11 is 0. The van der Waals surface area contributed by atoms with E-state index in [0.717, 1.165) is 52.2 Å². The molecule has 0 aliphatic carbocycles. The van der Waals surface area contributed by atoms with Gasteiger partial charge in [-0.3, -0.25) is 9.55 Å². The van der Waals surface area contributed by atoms with Crippen molar-refractivity contribution in [2.45, 2.75) is 12.8 Å². The number of aromatic nitrogens is 3. The summed E-state index contributed by atoms with van der Waals surface area (Å²) in [5.41, 5.74) is 10.3. The summed E-state index contributed by atoms with van der Waals surface area (Å²) in [4.78, 5) is 10.3. The van der Waals surface area contributed by atoms with Gasteiger partial charge in [0.05, 0.1) is 50.6 Å². The maximum Gasteiger partial charge on any atom is 0.134 e. The summed E-state index contributed by atoms with van der Waals surface area (Å²) in [5.74, 6) is 0.870. The van der Waals surface area contributed by atoms with Crippen LogP contribution in [0.4, 0.5) is 0 Å². The third-order valence-electron chi connectivity index (χ3n) is 10.6. The normalized spacial score (nSPS) is 15.7. The molecule has 6 aromatic carbocycles. The Labute approximate surface area is 286 Å². The number of aliphatic imine (C=N–C) groups is 1. The highest BCUT2D eigenvalue weighted by Crippen LogP contribution is 2.48. The van der Waals surface area contributed by atoms with Gasteiger partial charge in [0.2, 0.25) is 0 Å². The van der Waals surface area contributed by atoms with Crippen LogP contribution in [0.1, 0.15) is 28.8 Å². The molecule has 5 nitrogen and oxygen atoms in total. The van der Waals surface area contributed by atoms with Crippen LogP contribution in [0, 0.1) is 11.3 Å². The largest absolute Gasteiger partial charge is 0.307 e. The second-order valence-corrected chi connectivity index (χ2v) is 13.2. The third kappa shape index (κ3) is 3.60. The molecule has 50 heavy (non-hydrogen) atoms. The van der Waals surface area contributed by atoms with Crippen molar-refractivity contribution in [3.05, 3.63) is 162 Å². The lowest BCUT2D eigenvalue weighted by Crippen LogP contribution is -2.12. The molecule has 5 heterocycles. The van der Waals surface area contributed by atoms with Crippen molar-refractivity contribution in [3.8, 4) is 6.07 Å². The number of nitrogens with zero attached hydrogens (tertiary/aromatic N) is 5. The highest BCUT2D eigenvalue weighted by molar-refractivity contribution is 6.37. The molecule has 0 radical (unpaired) electrons. The molecule has 232 valence electrons. The Bertz CT molecular complexity index is 3160. The molecular weight excluding hydrogens is 611 g/mol. The topological polar surface area (TPSA) is 58.4 Å². The number of aryl methyl sites for hydroxylation is 1. The van der Waals surface area contributed by atoms with E-state index in [1.54, 1.807) is 0 Å². The molecule has 0 saturated carbocycles. The fraction of sp³-hybridized carbons (Fsp3) is 0.0444. The van der Waals surface area contributed by atoms with Gasteiger partial charge in [-0.1, -0.05) is 84.9 Å². The fourth-order valence-electron chi connectivity index (χ4n) is 8.52. The lowest BCUT2D eigenvalue weighted by atomic mass is 9.96. The number of hydrogen-bond acceptors (Lipinski definition) is 3. The van der Waals surface area contributed by atoms with Crippen molar-refractivity contribution >= 4 is 82.2 Å². The van der Waals surface area contributed by atoms with Gasteiger partial charge in [-0.15, -0.1) is 0 Å². The molecule has 11 rings (SSSR count). The first-order valence-corrected chi connectivity index (χ1v) is 17.0. The van der Waals surface area contributed by atoms with Crippen LogP contribution in [0.5, 0.6) is 0 Å². The molecule has 10 aromatic rings. The SMILES string of the molecule is N#Cc1cccc(/C2=N/C(n3c4ccccc4c4c5c6ccc7ccccc7c6n6c7ccccc7c(cc43)c56)=C\CCc3ncccc32)c1. The van der Waals surface area contributed by atoms with E-state index in [9.17, 15) is 5.26 Å². The summed E-state index contributed by atoms with van der Waals surface area (Å²) in [6, 6.07) is 47.4. The number of fused-ring (bicyclic) bond motifs is 13. The average molecular weight is 638 g/mol. The molecule has 0 fully saturated rings. The summed E-state index contributed by atoms with van der Waals surface area (Å²) in [6.45, 7) is 0. The van der Waals surface area contributed by atoms with Crippen LogP contribution in [0.3, 0.4) is 0 Å². The van der Waals surface area contributed by atoms with Crippen LogP contribution < -0.4 is 0 Å². The minimum Gasteiger partial charge on any atom is -0.307 e. The number of allylic oxidation sites excluding steroid dienone is 1. The quantitative estimate of drug-likeness (QED) is 0.189. The zero-order valence-electron chi connectivity index (χ0n) is 26.9. The number of benzene rings is 6. The molecule has 0 amide bonds. The predicted molar refractivity (Wildman–Crippen MR) is 205 cm³/mol. The molecule has 4 aromatic heterocycles. The van der Waals surface area contributed by atoms with E-state index >= 15 is 0 Å². The third-order valence-corrected chi connectivity index (χ3v) is 10.6. The van der Waals surface area contributed by atoms with Gasteiger partial charge in [0.15, 0.2) is 0 Å². The van der Waals surface area contributed by atoms with Crippen molar-refractivity contribution in [2.24, 2.45) is 4.99 Å². The summed E-state index contributed by atoms with van der Waals surface area (Å²) < 4.78 is 4.86. The van der Waals surface area contributed by atoms with Crippen molar-refractivity contribution in [1.82, 2.24) is 14.0 Å². The first kappa shape index (κ1) is 27.2. The second kappa shape index (κ2) is 10.1. The predicted octanol–water partition coefficient (Wildman–Crippen LogP) is 10.6. The molecule has 0 atom stereocenters. The Balaban J connectivity index is 1.32. The van der Waals surface area contributed by atoms with Gasteiger partial charge in [-0.2, -0.15) is 5.26 Å². The first-order valence-electron chi connectivity index (χ1n) is 17.0. The number of hydrogen-bond donors (Lipinski definition) is 0. The van der Waals surface area contributed by atoms with E-state index in [1.165, 1.54) is 59.6 Å². The van der Waals surface area contributed by atoms with Gasteiger partial charge < -0.3 is 4.40 Å². The molecule has 0 N–H and O–H groups in total. The average Bonchev–Trinajstić information content (AvgIpc) is 3.80. The van der Waals surface area contributed by atoms with Gasteiger partial charge in [0.25, 0.3) is 0 Å². The summed E-state index contributed by atoms with van der Waals surface area (Å²) in [6.07, 6.45) is 5.70. The van der Waals surface area contributed by atoms with E-state index in [1.807, 2.05) is 36.5 Å². The minimum absolute atomic E-state index is 0.605. The van der Waals surface area contributed by atoms with Crippen molar-refractivity contribution in [3.63, 3.8) is 0 Å². The Morgan fingerprint density at radius 1 is 0.620 bits per heavy atom. The van der Waals surface area contributed by atoms with Crippen LogP contribution in [0.25, 0.3) is 76.5 Å². The summed E-state index contributed by atoms with van der Waals surface area (Å²) in [5, 5.41) is 19.7. The molecule has 0 saturated heterocycles. The van der Waals surface area contributed by atoms with Crippen molar-refractivity contribution < 1.29 is 0 Å². The number of pyridine rings is 1. The zero-order valence-corrected chi connectivity index (χ0v) is 26.9. The Kier molecular flexibility index (Phi) is 5.51. The van der Waals surface area contributed by atoms with Crippen LogP contribution in [0.2, 0.25) is 0 Å². The van der Waals surface area contributed by atoms with E-state index < -0.39 is 0 Å². The number of nitriles is 1. The van der Waals surface area contributed by atoms with Gasteiger partial charge in [-0.25, -0.2) is 4.99 Å². The van der Waals surface area contributed by atoms with Crippen LogP contribution >= 0.6 is 0 Å². The monoisotopic (exact) mass is 637 g/mol. The standard InChI is InChI=1S/C45H27N5/c46-26-27-10-7-12-29(24-27)43-32-16-9-23-47-36(32)17-8-20-40(48-43)49-38-19-6-4-15-33(38)41-39(49)25-35-31-14-3-5-18-37(31)50-44-30-13-2-1-11-28(30)21-22-34(44)42(41)45(35)50/h1-7,9-16,18-25H,8,17H2/b40-20+,48-43-. The number of rotatable bonds is 2. The Hall–Kier alpha value is -6.77. The molecule has 1 aliphatic heterocycles. The van der Waals surface area contributed by atoms with E-state index in [0.29, 0.717) is 5.56 Å². The lowest BCUT2D eigenvalue weighted by molar-refractivity contribution is 0.927. The minimum atomic E-state index is 0.605. The van der Waals surface area contributed by atoms with E-state index in [4.69, 9.17) is 9.98 Å². The fourth-order valence-corrected chi connectivity index (χ4v) is 8.52. The molecule has 0 bridgehead atoms. The van der Waals surface area contributed by atoms with Crippen LogP contribution in [-0.2, 0) is 6.42 Å². The van der Waals surface area contributed by atoms with Gasteiger partial charge in [0, 0.05) is 55.0 Å². The molecular formula is C45H27N5. The number of para-hydroxylation sites is 2. The maximum atomic E-state index is 9.80. The lowest BCUT2D eigenvalue weighted by Gasteiger charge is -2.17. The Morgan fingerprint density at radius 2 is 1.44 bits per heavy atom. The second-order valence-electron chi connectivity index (χ2n) is 13.2. The van der Waals surface area contributed by atoms with Crippen molar-refractivity contribution in [2.75, 3.05) is 0 Å². The maximum absolute atomic E-state index is 9.80. The van der Waals surface area contributed by atoms with Crippen molar-refractivity contribution in [1.29, 1.82) is 5.26 Å². The smallest absolute Gasteiger partial charge is 0.134 e. The van der Waals surface area contributed by atoms with Gasteiger partial charge in [0.1, 0.15) is 5.82 Å². The zero-order chi connectivity index (χ0) is 32.9. The first-order chi connectivity index (χ1) is 24.8. The molecule has 5 heteroatoms. The van der Waals surface area contributed by atoms with E-state index in [2.05, 4.69) is 118 Å². The molecule has 0 unspecified atom stereocenters. The van der Waals surface area contributed by atoms with Gasteiger partial charge >= 0.3 is 0 Å². The Morgan fingerprint density at radius 3 is 2.34 bits per heavy atom. The van der Waals surface area contributed by atoms with Gasteiger partial charge in [-0.05, 0) is 66.8 Å². The molecule has 0 spiro atoms. The van der Waals surface area contributed by atoms with Crippen LogP contribution in [0.15, 0.2) is 145 Å². The van der Waals surface area contributed by atoms with E-state index in [-0.39, 0.29) is 0 Å². The summed E-state index contributed by atoms with van der Waals surface area (Å²) in [7, 11) is 0. The highest BCUT2D eigenvalue weighted by atomic mass is 15.1.